The predicted molar refractivity (Wildman–Crippen MR) is 95.7 cm³/mol. The Balaban J connectivity index is 1.57. The monoisotopic (exact) mass is 373 g/mol. The Bertz CT molecular complexity index is 922. The zero-order chi connectivity index (χ0) is 18.5. The van der Waals surface area contributed by atoms with Crippen LogP contribution in [0.25, 0.3) is 0 Å². The molecule has 0 aliphatic carbocycles. The molecular formula is C18H16FN3O3S. The molecule has 0 aliphatic heterocycles. The van der Waals surface area contributed by atoms with Crippen LogP contribution in [0.5, 0.6) is 0 Å². The molecule has 134 valence electrons. The van der Waals surface area contributed by atoms with E-state index < -0.39 is 11.8 Å². The summed E-state index contributed by atoms with van der Waals surface area (Å²) in [7, 11) is 0. The number of benzene rings is 1. The van der Waals surface area contributed by atoms with E-state index in [1.54, 1.807) is 18.2 Å². The standard InChI is InChI=1S/C18H16FN3O3S/c1-11-15(8-12-4-2-3-5-14(12)19)26-18(21-11)22-16(23)9-20-17(24)13-6-7-25-10-13/h2-7,10H,8-9H2,1H3,(H,20,24)(H,21,22,23). The maximum atomic E-state index is 13.8. The molecule has 0 aliphatic rings. The first-order valence-corrected chi connectivity index (χ1v) is 8.64. The van der Waals surface area contributed by atoms with Gasteiger partial charge in [-0.05, 0) is 24.6 Å². The largest absolute Gasteiger partial charge is 0.472 e. The minimum atomic E-state index is -0.399. The fraction of sp³-hybridized carbons (Fsp3) is 0.167. The molecule has 2 N–H and O–H groups in total. The van der Waals surface area contributed by atoms with E-state index in [-0.39, 0.29) is 12.4 Å². The summed E-state index contributed by atoms with van der Waals surface area (Å²) >= 11 is 1.29. The molecule has 26 heavy (non-hydrogen) atoms. The Morgan fingerprint density at radius 2 is 2.08 bits per heavy atom. The lowest BCUT2D eigenvalue weighted by molar-refractivity contribution is -0.115. The van der Waals surface area contributed by atoms with Crippen LogP contribution in [-0.4, -0.2) is 23.3 Å². The van der Waals surface area contributed by atoms with Gasteiger partial charge in [-0.2, -0.15) is 0 Å². The van der Waals surface area contributed by atoms with Crippen molar-refractivity contribution in [2.75, 3.05) is 11.9 Å². The zero-order valence-corrected chi connectivity index (χ0v) is 14.7. The first-order valence-electron chi connectivity index (χ1n) is 7.83. The van der Waals surface area contributed by atoms with E-state index in [1.165, 1.54) is 36.0 Å². The van der Waals surface area contributed by atoms with E-state index >= 15 is 0 Å². The SMILES string of the molecule is Cc1nc(NC(=O)CNC(=O)c2ccoc2)sc1Cc1ccccc1F. The molecule has 6 nitrogen and oxygen atoms in total. The molecule has 0 radical (unpaired) electrons. The topological polar surface area (TPSA) is 84.2 Å². The molecule has 0 fully saturated rings. The summed E-state index contributed by atoms with van der Waals surface area (Å²) < 4.78 is 18.6. The number of rotatable bonds is 6. The number of hydrogen-bond donors (Lipinski definition) is 2. The van der Waals surface area contributed by atoms with Gasteiger partial charge in [-0.15, -0.1) is 11.3 Å². The van der Waals surface area contributed by atoms with Crippen molar-refractivity contribution in [3.05, 3.63) is 70.4 Å². The van der Waals surface area contributed by atoms with Crippen LogP contribution in [0.4, 0.5) is 9.52 Å². The van der Waals surface area contributed by atoms with Crippen molar-refractivity contribution in [2.45, 2.75) is 13.3 Å². The molecule has 0 atom stereocenters. The summed E-state index contributed by atoms with van der Waals surface area (Å²) in [5, 5.41) is 5.54. The maximum absolute atomic E-state index is 13.8. The fourth-order valence-electron chi connectivity index (χ4n) is 2.28. The second-order valence-corrected chi connectivity index (χ2v) is 6.62. The molecule has 0 spiro atoms. The second kappa shape index (κ2) is 7.92. The number of nitrogens with zero attached hydrogens (tertiary/aromatic N) is 1. The van der Waals surface area contributed by atoms with Gasteiger partial charge in [0, 0.05) is 11.3 Å². The van der Waals surface area contributed by atoms with E-state index in [0.717, 1.165) is 10.6 Å². The lowest BCUT2D eigenvalue weighted by atomic mass is 10.1. The maximum Gasteiger partial charge on any atom is 0.254 e. The molecule has 1 aromatic carbocycles. The van der Waals surface area contributed by atoms with E-state index in [1.807, 2.05) is 6.92 Å². The number of carbonyl (C=O) groups is 2. The highest BCUT2D eigenvalue weighted by molar-refractivity contribution is 7.15. The number of halogens is 1. The van der Waals surface area contributed by atoms with Gasteiger partial charge in [0.25, 0.3) is 5.91 Å². The van der Waals surface area contributed by atoms with Gasteiger partial charge in [-0.1, -0.05) is 18.2 Å². The van der Waals surface area contributed by atoms with Crippen LogP contribution in [0.15, 0.2) is 47.3 Å². The van der Waals surface area contributed by atoms with Crippen molar-refractivity contribution in [2.24, 2.45) is 0 Å². The van der Waals surface area contributed by atoms with Crippen LogP contribution in [0.1, 0.15) is 26.5 Å². The van der Waals surface area contributed by atoms with Gasteiger partial charge in [0.15, 0.2) is 5.13 Å². The number of thiazole rings is 1. The quantitative estimate of drug-likeness (QED) is 0.695. The van der Waals surface area contributed by atoms with Crippen LogP contribution < -0.4 is 10.6 Å². The summed E-state index contributed by atoms with van der Waals surface area (Å²) in [6, 6.07) is 8.06. The highest BCUT2D eigenvalue weighted by Crippen LogP contribution is 2.26. The van der Waals surface area contributed by atoms with Gasteiger partial charge < -0.3 is 15.1 Å². The van der Waals surface area contributed by atoms with Crippen molar-refractivity contribution in [3.8, 4) is 0 Å². The number of carbonyl (C=O) groups excluding carboxylic acids is 2. The highest BCUT2D eigenvalue weighted by atomic mass is 32.1. The van der Waals surface area contributed by atoms with Crippen LogP contribution in [0, 0.1) is 12.7 Å². The van der Waals surface area contributed by atoms with E-state index in [9.17, 15) is 14.0 Å². The minimum absolute atomic E-state index is 0.189. The highest BCUT2D eigenvalue weighted by Gasteiger charge is 2.14. The number of aromatic nitrogens is 1. The van der Waals surface area contributed by atoms with E-state index in [0.29, 0.717) is 22.7 Å². The predicted octanol–water partition coefficient (Wildman–Crippen LogP) is 3.14. The average molecular weight is 373 g/mol. The summed E-state index contributed by atoms with van der Waals surface area (Å²) in [6.45, 7) is 1.62. The third-order valence-corrected chi connectivity index (χ3v) is 4.71. The van der Waals surface area contributed by atoms with Crippen molar-refractivity contribution in [1.29, 1.82) is 0 Å². The fourth-order valence-corrected chi connectivity index (χ4v) is 3.28. The summed E-state index contributed by atoms with van der Waals surface area (Å²) in [5.74, 6) is -1.06. The lowest BCUT2D eigenvalue weighted by Crippen LogP contribution is -2.32. The van der Waals surface area contributed by atoms with Crippen molar-refractivity contribution >= 4 is 28.3 Å². The molecule has 0 saturated carbocycles. The molecule has 3 aromatic rings. The number of hydrogen-bond acceptors (Lipinski definition) is 5. The molecular weight excluding hydrogens is 357 g/mol. The number of aryl methyl sites for hydroxylation is 1. The average Bonchev–Trinajstić information content (AvgIpc) is 3.25. The van der Waals surface area contributed by atoms with Crippen LogP contribution in [0.3, 0.4) is 0 Å². The summed E-state index contributed by atoms with van der Waals surface area (Å²) in [4.78, 5) is 28.9. The Morgan fingerprint density at radius 1 is 1.27 bits per heavy atom. The lowest BCUT2D eigenvalue weighted by Gasteiger charge is -2.03. The van der Waals surface area contributed by atoms with E-state index in [2.05, 4.69) is 15.6 Å². The summed E-state index contributed by atoms with van der Waals surface area (Å²) in [5.41, 5.74) is 1.65. The molecule has 3 rings (SSSR count). The third-order valence-electron chi connectivity index (χ3n) is 3.64. The number of amides is 2. The molecule has 8 heteroatoms. The van der Waals surface area contributed by atoms with Gasteiger partial charge in [0.1, 0.15) is 12.1 Å². The molecule has 2 heterocycles. The summed E-state index contributed by atoms with van der Waals surface area (Å²) in [6.07, 6.45) is 3.08. The molecule has 0 bridgehead atoms. The van der Waals surface area contributed by atoms with Gasteiger partial charge in [0.05, 0.1) is 24.1 Å². The van der Waals surface area contributed by atoms with E-state index in [4.69, 9.17) is 4.42 Å². The van der Waals surface area contributed by atoms with Crippen molar-refractivity contribution < 1.29 is 18.4 Å². The number of anilines is 1. The van der Waals surface area contributed by atoms with Crippen molar-refractivity contribution in [3.63, 3.8) is 0 Å². The van der Waals surface area contributed by atoms with Crippen molar-refractivity contribution in [1.82, 2.24) is 10.3 Å². The van der Waals surface area contributed by atoms with Gasteiger partial charge in [0.2, 0.25) is 5.91 Å². The van der Waals surface area contributed by atoms with Crippen LogP contribution >= 0.6 is 11.3 Å². The Hall–Kier alpha value is -3.00. The smallest absolute Gasteiger partial charge is 0.254 e. The molecule has 0 saturated heterocycles. The first-order chi connectivity index (χ1) is 12.5. The molecule has 0 unspecified atom stereocenters. The zero-order valence-electron chi connectivity index (χ0n) is 13.9. The Morgan fingerprint density at radius 3 is 2.81 bits per heavy atom. The van der Waals surface area contributed by atoms with Gasteiger partial charge in [-0.25, -0.2) is 9.37 Å². The molecule has 2 aromatic heterocycles. The van der Waals surface area contributed by atoms with Gasteiger partial charge >= 0.3 is 0 Å². The number of nitrogens with one attached hydrogen (secondary N) is 2. The number of furan rings is 1. The van der Waals surface area contributed by atoms with Crippen LogP contribution in [-0.2, 0) is 11.2 Å². The molecule has 2 amide bonds. The second-order valence-electron chi connectivity index (χ2n) is 5.54. The van der Waals surface area contributed by atoms with Gasteiger partial charge in [-0.3, -0.25) is 9.59 Å². The Kier molecular flexibility index (Phi) is 5.43. The normalized spacial score (nSPS) is 10.5. The van der Waals surface area contributed by atoms with Crippen LogP contribution in [0.2, 0.25) is 0 Å². The third kappa shape index (κ3) is 4.34. The minimum Gasteiger partial charge on any atom is -0.472 e. The Labute approximate surface area is 153 Å². The first kappa shape index (κ1) is 17.8.